The highest BCUT2D eigenvalue weighted by Gasteiger charge is 2.24. The maximum Gasteiger partial charge on any atom is 0.248 e. The molecule has 1 heterocycles. The minimum atomic E-state index is -0.477. The Labute approximate surface area is 170 Å². The Hall–Kier alpha value is -2.59. The Morgan fingerprint density at radius 3 is 2.36 bits per heavy atom. The molecule has 2 N–H and O–H groups in total. The summed E-state index contributed by atoms with van der Waals surface area (Å²) in [7, 11) is 0. The number of carbonyl (C=O) groups excluding carboxylic acids is 2. The van der Waals surface area contributed by atoms with E-state index in [2.05, 4.69) is 11.5 Å². The van der Waals surface area contributed by atoms with Gasteiger partial charge in [-0.1, -0.05) is 57.0 Å². The molecule has 0 unspecified atom stereocenters. The molecule has 0 saturated carbocycles. The smallest absolute Gasteiger partial charge is 0.248 e. The molecule has 0 atom stereocenters. The zero-order valence-corrected chi connectivity index (χ0v) is 17.2. The van der Waals surface area contributed by atoms with Crippen molar-refractivity contribution in [3.63, 3.8) is 0 Å². The van der Waals surface area contributed by atoms with E-state index in [9.17, 15) is 9.59 Å². The first-order valence-electron chi connectivity index (χ1n) is 9.57. The van der Waals surface area contributed by atoms with Crippen LogP contribution in [0.2, 0.25) is 5.02 Å². The van der Waals surface area contributed by atoms with Gasteiger partial charge < -0.3 is 10.3 Å². The van der Waals surface area contributed by atoms with E-state index in [1.807, 2.05) is 44.2 Å². The summed E-state index contributed by atoms with van der Waals surface area (Å²) in [5, 5.41) is 1.56. The van der Waals surface area contributed by atoms with Crippen molar-refractivity contribution in [2.75, 3.05) is 0 Å². The number of amides is 1. The molecule has 0 aliphatic heterocycles. The molecule has 0 radical (unpaired) electrons. The normalized spacial score (nSPS) is 11.3. The minimum absolute atomic E-state index is 0.110. The summed E-state index contributed by atoms with van der Waals surface area (Å²) < 4.78 is 2.14. The lowest BCUT2D eigenvalue weighted by atomic mass is 9.96. The van der Waals surface area contributed by atoms with E-state index in [1.165, 1.54) is 0 Å². The second kappa shape index (κ2) is 8.19. The second-order valence-corrected chi connectivity index (χ2v) is 7.84. The highest BCUT2D eigenvalue weighted by Crippen LogP contribution is 2.31. The largest absolute Gasteiger partial charge is 0.366 e. The Kier molecular flexibility index (Phi) is 5.90. The van der Waals surface area contributed by atoms with E-state index in [0.717, 1.165) is 40.6 Å². The van der Waals surface area contributed by atoms with Crippen molar-refractivity contribution in [1.82, 2.24) is 4.57 Å². The predicted octanol–water partition coefficient (Wildman–Crippen LogP) is 5.23. The summed E-state index contributed by atoms with van der Waals surface area (Å²) in [6.07, 6.45) is 1.69. The molecule has 0 aliphatic carbocycles. The third-order valence-corrected chi connectivity index (χ3v) is 5.22. The van der Waals surface area contributed by atoms with E-state index in [4.69, 9.17) is 17.3 Å². The lowest BCUT2D eigenvalue weighted by Gasteiger charge is -2.13. The molecule has 0 bridgehead atoms. The van der Waals surface area contributed by atoms with E-state index in [0.29, 0.717) is 17.1 Å². The number of carbonyl (C=O) groups is 2. The van der Waals surface area contributed by atoms with Crippen molar-refractivity contribution in [3.8, 4) is 0 Å². The first-order valence-corrected chi connectivity index (χ1v) is 9.94. The number of aromatic nitrogens is 1. The number of hydrogen-bond donors (Lipinski definition) is 1. The van der Waals surface area contributed by atoms with Gasteiger partial charge in [-0.05, 0) is 36.2 Å². The SMILES string of the molecule is CCCc1c(C(=O)C(C)C)c2ccc(C(N)=O)cc2n1Cc1ccc(Cl)cc1. The van der Waals surface area contributed by atoms with Crippen LogP contribution in [0.3, 0.4) is 0 Å². The van der Waals surface area contributed by atoms with Gasteiger partial charge in [0.1, 0.15) is 0 Å². The Balaban J connectivity index is 2.29. The molecule has 3 aromatic rings. The van der Waals surface area contributed by atoms with Gasteiger partial charge in [0.2, 0.25) is 5.91 Å². The number of fused-ring (bicyclic) bond motifs is 1. The average Bonchev–Trinajstić information content (AvgIpc) is 2.95. The van der Waals surface area contributed by atoms with Gasteiger partial charge in [-0.3, -0.25) is 9.59 Å². The first kappa shape index (κ1) is 20.2. The number of halogens is 1. The van der Waals surface area contributed by atoms with Gasteiger partial charge in [0.05, 0.1) is 5.52 Å². The van der Waals surface area contributed by atoms with Gasteiger partial charge in [0.15, 0.2) is 5.78 Å². The zero-order valence-electron chi connectivity index (χ0n) is 16.5. The van der Waals surface area contributed by atoms with Crippen molar-refractivity contribution >= 4 is 34.2 Å². The molecule has 1 amide bonds. The molecule has 5 heteroatoms. The fraction of sp³-hybridized carbons (Fsp3) is 0.304. The number of hydrogen-bond acceptors (Lipinski definition) is 2. The maximum absolute atomic E-state index is 13.1. The van der Waals surface area contributed by atoms with Crippen LogP contribution in [-0.2, 0) is 13.0 Å². The third kappa shape index (κ3) is 3.83. The molecule has 3 rings (SSSR count). The first-order chi connectivity index (χ1) is 13.3. The Bertz CT molecular complexity index is 1030. The lowest BCUT2D eigenvalue weighted by Crippen LogP contribution is -2.12. The van der Waals surface area contributed by atoms with Crippen molar-refractivity contribution in [2.45, 2.75) is 40.2 Å². The van der Waals surface area contributed by atoms with Gasteiger partial charge in [-0.2, -0.15) is 0 Å². The zero-order chi connectivity index (χ0) is 20.4. The van der Waals surface area contributed by atoms with Crippen molar-refractivity contribution in [1.29, 1.82) is 0 Å². The molecule has 4 nitrogen and oxygen atoms in total. The summed E-state index contributed by atoms with van der Waals surface area (Å²) in [5.74, 6) is -0.467. The number of nitrogens with zero attached hydrogens (tertiary/aromatic N) is 1. The average molecular weight is 397 g/mol. The van der Waals surface area contributed by atoms with Crippen LogP contribution in [0.25, 0.3) is 10.9 Å². The van der Waals surface area contributed by atoms with Crippen molar-refractivity contribution in [2.24, 2.45) is 11.7 Å². The number of Topliss-reactive ketones (excluding diaryl/α,β-unsaturated/α-hetero) is 1. The number of nitrogens with two attached hydrogens (primary N) is 1. The number of primary amides is 1. The summed E-state index contributed by atoms with van der Waals surface area (Å²) in [6, 6.07) is 13.0. The maximum atomic E-state index is 13.1. The third-order valence-electron chi connectivity index (χ3n) is 4.97. The molecule has 0 fully saturated rings. The Morgan fingerprint density at radius 1 is 1.11 bits per heavy atom. The molecule has 1 aromatic heterocycles. The molecular weight excluding hydrogens is 372 g/mol. The van der Waals surface area contributed by atoms with Crippen molar-refractivity contribution < 1.29 is 9.59 Å². The van der Waals surface area contributed by atoms with Crippen LogP contribution >= 0.6 is 11.6 Å². The van der Waals surface area contributed by atoms with Gasteiger partial charge >= 0.3 is 0 Å². The van der Waals surface area contributed by atoms with Crippen LogP contribution in [0.1, 0.15) is 59.2 Å². The molecule has 0 aliphatic rings. The number of ketones is 1. The quantitative estimate of drug-likeness (QED) is 0.555. The predicted molar refractivity (Wildman–Crippen MR) is 114 cm³/mol. The van der Waals surface area contributed by atoms with E-state index >= 15 is 0 Å². The highest BCUT2D eigenvalue weighted by atomic mass is 35.5. The Morgan fingerprint density at radius 2 is 1.79 bits per heavy atom. The van der Waals surface area contributed by atoms with Gasteiger partial charge in [-0.25, -0.2) is 0 Å². The van der Waals surface area contributed by atoms with Gasteiger partial charge in [-0.15, -0.1) is 0 Å². The van der Waals surface area contributed by atoms with Gasteiger partial charge in [0, 0.05) is 39.7 Å². The van der Waals surface area contributed by atoms with Crippen LogP contribution in [0.15, 0.2) is 42.5 Å². The second-order valence-electron chi connectivity index (χ2n) is 7.40. The summed E-state index contributed by atoms with van der Waals surface area (Å²) in [6.45, 7) is 6.52. The molecule has 0 saturated heterocycles. The minimum Gasteiger partial charge on any atom is -0.366 e. The van der Waals surface area contributed by atoms with Crippen LogP contribution in [-0.4, -0.2) is 16.3 Å². The highest BCUT2D eigenvalue weighted by molar-refractivity contribution is 6.30. The van der Waals surface area contributed by atoms with Gasteiger partial charge in [0.25, 0.3) is 0 Å². The van der Waals surface area contributed by atoms with E-state index in [-0.39, 0.29) is 11.7 Å². The van der Waals surface area contributed by atoms with Crippen LogP contribution in [0, 0.1) is 5.92 Å². The standard InChI is InChI=1S/C23H25ClN2O2/c1-4-5-19-21(22(27)14(2)3)18-11-8-16(23(25)28)12-20(18)26(19)13-15-6-9-17(24)10-7-15/h6-12,14H,4-5,13H2,1-3H3,(H2,25,28). The monoisotopic (exact) mass is 396 g/mol. The molecule has 28 heavy (non-hydrogen) atoms. The van der Waals surface area contributed by atoms with Crippen molar-refractivity contribution in [3.05, 3.63) is 69.9 Å². The van der Waals surface area contributed by atoms with Crippen LogP contribution in [0.4, 0.5) is 0 Å². The number of rotatable bonds is 7. The topological polar surface area (TPSA) is 65.1 Å². The lowest BCUT2D eigenvalue weighted by molar-refractivity contribution is 0.0939. The fourth-order valence-electron chi connectivity index (χ4n) is 3.57. The molecular formula is C23H25ClN2O2. The summed E-state index contributed by atoms with van der Waals surface area (Å²) in [4.78, 5) is 24.8. The molecule has 0 spiro atoms. The van der Waals surface area contributed by atoms with E-state index < -0.39 is 5.91 Å². The van der Waals surface area contributed by atoms with Crippen LogP contribution < -0.4 is 5.73 Å². The van der Waals surface area contributed by atoms with E-state index in [1.54, 1.807) is 12.1 Å². The summed E-state index contributed by atoms with van der Waals surface area (Å²) >= 11 is 6.02. The summed E-state index contributed by atoms with van der Waals surface area (Å²) in [5.41, 5.74) is 9.65. The fourth-order valence-corrected chi connectivity index (χ4v) is 3.69. The number of benzene rings is 2. The molecule has 2 aromatic carbocycles. The molecule has 146 valence electrons. The van der Waals surface area contributed by atoms with Crippen LogP contribution in [0.5, 0.6) is 0 Å².